The van der Waals surface area contributed by atoms with E-state index >= 15 is 0 Å². The summed E-state index contributed by atoms with van der Waals surface area (Å²) in [6.07, 6.45) is -1.37. The predicted octanol–water partition coefficient (Wildman–Crippen LogP) is 1.82. The highest BCUT2D eigenvalue weighted by atomic mass is 19.3. The van der Waals surface area contributed by atoms with Crippen LogP contribution in [0.3, 0.4) is 0 Å². The van der Waals surface area contributed by atoms with Gasteiger partial charge in [0.2, 0.25) is 0 Å². The minimum atomic E-state index is -2.31. The summed E-state index contributed by atoms with van der Waals surface area (Å²) in [5.74, 6) is 0. The standard InChI is InChI=1S/C6H10F2O/c1-2-6(5(7)8)3-4-9-6/h5H,2-4H2,1H3. The Balaban J connectivity index is 2.46. The molecule has 0 bridgehead atoms. The van der Waals surface area contributed by atoms with Crippen LogP contribution in [0, 0.1) is 0 Å². The zero-order valence-corrected chi connectivity index (χ0v) is 5.36. The second-order valence-electron chi connectivity index (χ2n) is 2.32. The van der Waals surface area contributed by atoms with E-state index in [1.54, 1.807) is 6.92 Å². The molecule has 1 aliphatic rings. The third kappa shape index (κ3) is 0.936. The van der Waals surface area contributed by atoms with E-state index in [0.29, 0.717) is 19.4 Å². The fraction of sp³-hybridized carbons (Fsp3) is 1.00. The summed E-state index contributed by atoms with van der Waals surface area (Å²) < 4.78 is 28.8. The molecule has 1 nitrogen and oxygen atoms in total. The molecule has 54 valence electrons. The molecule has 3 heteroatoms. The second kappa shape index (κ2) is 2.21. The zero-order valence-electron chi connectivity index (χ0n) is 5.36. The highest BCUT2D eigenvalue weighted by molar-refractivity contribution is 4.88. The molecular formula is C6H10F2O. The van der Waals surface area contributed by atoms with Crippen LogP contribution < -0.4 is 0 Å². The van der Waals surface area contributed by atoms with Crippen LogP contribution in [-0.4, -0.2) is 18.6 Å². The van der Waals surface area contributed by atoms with Crippen molar-refractivity contribution in [3.05, 3.63) is 0 Å². The van der Waals surface area contributed by atoms with Gasteiger partial charge in [-0.2, -0.15) is 0 Å². The summed E-state index contributed by atoms with van der Waals surface area (Å²) in [6, 6.07) is 0. The fourth-order valence-corrected chi connectivity index (χ4v) is 0.969. The van der Waals surface area contributed by atoms with E-state index in [9.17, 15) is 8.78 Å². The topological polar surface area (TPSA) is 9.23 Å². The Morgan fingerprint density at radius 1 is 1.67 bits per heavy atom. The highest BCUT2D eigenvalue weighted by Crippen LogP contribution is 2.35. The van der Waals surface area contributed by atoms with Crippen molar-refractivity contribution in [3.63, 3.8) is 0 Å². The Morgan fingerprint density at radius 2 is 2.22 bits per heavy atom. The van der Waals surface area contributed by atoms with E-state index < -0.39 is 12.0 Å². The summed E-state index contributed by atoms with van der Waals surface area (Å²) in [5, 5.41) is 0. The first kappa shape index (κ1) is 6.93. The summed E-state index contributed by atoms with van der Waals surface area (Å²) >= 11 is 0. The Kier molecular flexibility index (Phi) is 1.70. The van der Waals surface area contributed by atoms with Gasteiger partial charge in [-0.05, 0) is 6.42 Å². The van der Waals surface area contributed by atoms with Crippen molar-refractivity contribution in [1.82, 2.24) is 0 Å². The van der Waals surface area contributed by atoms with Gasteiger partial charge in [0, 0.05) is 6.42 Å². The van der Waals surface area contributed by atoms with Crippen LogP contribution in [0.25, 0.3) is 0 Å². The highest BCUT2D eigenvalue weighted by Gasteiger charge is 2.45. The van der Waals surface area contributed by atoms with Crippen molar-refractivity contribution in [3.8, 4) is 0 Å². The van der Waals surface area contributed by atoms with Crippen molar-refractivity contribution in [2.75, 3.05) is 6.61 Å². The lowest BCUT2D eigenvalue weighted by atomic mass is 9.92. The van der Waals surface area contributed by atoms with E-state index in [-0.39, 0.29) is 0 Å². The van der Waals surface area contributed by atoms with Crippen LogP contribution >= 0.6 is 0 Å². The van der Waals surface area contributed by atoms with Crippen LogP contribution in [0.2, 0.25) is 0 Å². The normalized spacial score (nSPS) is 34.7. The molecule has 0 amide bonds. The van der Waals surface area contributed by atoms with Crippen molar-refractivity contribution in [2.45, 2.75) is 31.8 Å². The lowest BCUT2D eigenvalue weighted by Crippen LogP contribution is -2.49. The molecule has 0 aromatic carbocycles. The average molecular weight is 136 g/mol. The zero-order chi connectivity index (χ0) is 6.91. The maximum Gasteiger partial charge on any atom is 0.267 e. The van der Waals surface area contributed by atoms with Gasteiger partial charge in [0.1, 0.15) is 5.60 Å². The Bertz CT molecular complexity index is 93.7. The molecule has 1 atom stereocenters. The first-order valence-electron chi connectivity index (χ1n) is 3.13. The Labute approximate surface area is 53.0 Å². The van der Waals surface area contributed by atoms with Crippen molar-refractivity contribution in [2.24, 2.45) is 0 Å². The largest absolute Gasteiger partial charge is 0.369 e. The van der Waals surface area contributed by atoms with Crippen molar-refractivity contribution >= 4 is 0 Å². The molecule has 1 heterocycles. The molecule has 0 aromatic heterocycles. The number of hydrogen-bond donors (Lipinski definition) is 0. The molecule has 1 saturated heterocycles. The van der Waals surface area contributed by atoms with Crippen molar-refractivity contribution < 1.29 is 13.5 Å². The maximum atomic E-state index is 12.0. The molecule has 1 unspecified atom stereocenters. The van der Waals surface area contributed by atoms with Gasteiger partial charge in [-0.25, -0.2) is 8.78 Å². The molecular weight excluding hydrogens is 126 g/mol. The van der Waals surface area contributed by atoms with Gasteiger partial charge < -0.3 is 4.74 Å². The van der Waals surface area contributed by atoms with Gasteiger partial charge >= 0.3 is 0 Å². The van der Waals surface area contributed by atoms with E-state index in [1.807, 2.05) is 0 Å². The summed E-state index contributed by atoms with van der Waals surface area (Å²) in [4.78, 5) is 0. The Morgan fingerprint density at radius 3 is 2.22 bits per heavy atom. The molecule has 1 fully saturated rings. The lowest BCUT2D eigenvalue weighted by molar-refractivity contribution is -0.218. The van der Waals surface area contributed by atoms with Gasteiger partial charge in [-0.3, -0.25) is 0 Å². The number of hydrogen-bond acceptors (Lipinski definition) is 1. The third-order valence-corrected chi connectivity index (χ3v) is 1.91. The third-order valence-electron chi connectivity index (χ3n) is 1.91. The molecule has 9 heavy (non-hydrogen) atoms. The molecule has 0 aromatic rings. The van der Waals surface area contributed by atoms with Crippen LogP contribution in [0.5, 0.6) is 0 Å². The number of alkyl halides is 2. The van der Waals surface area contributed by atoms with Crippen LogP contribution in [-0.2, 0) is 4.74 Å². The monoisotopic (exact) mass is 136 g/mol. The van der Waals surface area contributed by atoms with E-state index in [0.717, 1.165) is 0 Å². The summed E-state index contributed by atoms with van der Waals surface area (Å²) in [5.41, 5.74) is -1.07. The second-order valence-corrected chi connectivity index (χ2v) is 2.32. The van der Waals surface area contributed by atoms with Gasteiger partial charge in [0.25, 0.3) is 6.43 Å². The summed E-state index contributed by atoms with van der Waals surface area (Å²) in [7, 11) is 0. The first-order chi connectivity index (χ1) is 4.21. The molecule has 0 aliphatic carbocycles. The van der Waals surface area contributed by atoms with Gasteiger partial charge in [0.05, 0.1) is 6.61 Å². The molecule has 1 rings (SSSR count). The Hall–Kier alpha value is -0.180. The van der Waals surface area contributed by atoms with E-state index in [1.165, 1.54) is 0 Å². The summed E-state index contributed by atoms with van der Waals surface area (Å²) in [6.45, 7) is 2.23. The van der Waals surface area contributed by atoms with Crippen LogP contribution in [0.1, 0.15) is 19.8 Å². The maximum absolute atomic E-state index is 12.0. The van der Waals surface area contributed by atoms with Crippen molar-refractivity contribution in [1.29, 1.82) is 0 Å². The molecule has 0 N–H and O–H groups in total. The number of ether oxygens (including phenoxy) is 1. The molecule has 0 saturated carbocycles. The number of rotatable bonds is 2. The minimum Gasteiger partial charge on any atom is -0.369 e. The predicted molar refractivity (Wildman–Crippen MR) is 29.6 cm³/mol. The fourth-order valence-electron chi connectivity index (χ4n) is 0.969. The van der Waals surface area contributed by atoms with Gasteiger partial charge in [0.15, 0.2) is 0 Å². The van der Waals surface area contributed by atoms with E-state index in [4.69, 9.17) is 4.74 Å². The number of halogens is 2. The van der Waals surface area contributed by atoms with E-state index in [2.05, 4.69) is 0 Å². The average Bonchev–Trinajstić information content (AvgIpc) is 1.62. The molecule has 0 radical (unpaired) electrons. The van der Waals surface area contributed by atoms with Crippen LogP contribution in [0.15, 0.2) is 0 Å². The van der Waals surface area contributed by atoms with Gasteiger partial charge in [-0.1, -0.05) is 6.92 Å². The smallest absolute Gasteiger partial charge is 0.267 e. The molecule has 1 aliphatic heterocycles. The molecule has 0 spiro atoms. The first-order valence-corrected chi connectivity index (χ1v) is 3.13. The van der Waals surface area contributed by atoms with Crippen LogP contribution in [0.4, 0.5) is 8.78 Å². The minimum absolute atomic E-state index is 0.421. The van der Waals surface area contributed by atoms with Gasteiger partial charge in [-0.15, -0.1) is 0 Å². The quantitative estimate of drug-likeness (QED) is 0.562. The lowest BCUT2D eigenvalue weighted by Gasteiger charge is -2.40. The SMILES string of the molecule is CCC1(C(F)F)CCO1.